The van der Waals surface area contributed by atoms with Gasteiger partial charge < -0.3 is 15.4 Å². The van der Waals surface area contributed by atoms with E-state index in [4.69, 9.17) is 10.5 Å². The van der Waals surface area contributed by atoms with Crippen LogP contribution in [0, 0.1) is 0 Å². The van der Waals surface area contributed by atoms with Crippen molar-refractivity contribution in [3.63, 3.8) is 0 Å². The fourth-order valence-corrected chi connectivity index (χ4v) is 3.04. The molecule has 2 heterocycles. The number of nitrogens with two attached hydrogens (primary N) is 1. The number of hydrogen-bond acceptors (Lipinski definition) is 6. The number of nitrogens with zero attached hydrogens (tertiary/aromatic N) is 3. The molecule has 1 aromatic heterocycles. The monoisotopic (exact) mass is 254 g/mol. The highest BCUT2D eigenvalue weighted by Crippen LogP contribution is 2.29. The van der Waals surface area contributed by atoms with Gasteiger partial charge in [0.05, 0.1) is 7.11 Å². The summed E-state index contributed by atoms with van der Waals surface area (Å²) in [4.78, 5) is 10.6. The molecule has 0 aliphatic carbocycles. The van der Waals surface area contributed by atoms with Crippen LogP contribution in [-0.4, -0.2) is 40.7 Å². The van der Waals surface area contributed by atoms with Crippen LogP contribution in [0.2, 0.25) is 0 Å². The first-order valence-corrected chi connectivity index (χ1v) is 6.73. The molecule has 0 amide bonds. The number of hydrogen-bond donors (Lipinski definition) is 1. The topological polar surface area (TPSA) is 64.3 Å². The van der Waals surface area contributed by atoms with E-state index in [9.17, 15) is 0 Å². The van der Waals surface area contributed by atoms with Crippen molar-refractivity contribution in [3.05, 3.63) is 6.07 Å². The molecule has 94 valence electrons. The van der Waals surface area contributed by atoms with E-state index in [0.717, 1.165) is 18.1 Å². The van der Waals surface area contributed by atoms with Gasteiger partial charge in [-0.2, -0.15) is 21.7 Å². The molecule has 17 heavy (non-hydrogen) atoms. The molecule has 0 bridgehead atoms. The summed E-state index contributed by atoms with van der Waals surface area (Å²) in [5.41, 5.74) is 5.69. The van der Waals surface area contributed by atoms with Crippen molar-refractivity contribution in [2.45, 2.75) is 25.1 Å². The Bertz CT molecular complexity index is 401. The van der Waals surface area contributed by atoms with Crippen molar-refractivity contribution in [3.8, 4) is 5.88 Å². The van der Waals surface area contributed by atoms with Crippen LogP contribution in [0.1, 0.15) is 13.8 Å². The number of ether oxygens (including phenoxy) is 1. The highest BCUT2D eigenvalue weighted by Gasteiger charge is 2.26. The van der Waals surface area contributed by atoms with Gasteiger partial charge in [0.25, 0.3) is 0 Å². The summed E-state index contributed by atoms with van der Waals surface area (Å²) >= 11 is 1.99. The van der Waals surface area contributed by atoms with Crippen LogP contribution in [0.4, 0.5) is 11.8 Å². The van der Waals surface area contributed by atoms with Crippen LogP contribution in [0.15, 0.2) is 6.07 Å². The third-order valence-corrected chi connectivity index (χ3v) is 4.43. The Morgan fingerprint density at radius 3 is 2.94 bits per heavy atom. The van der Waals surface area contributed by atoms with E-state index in [-0.39, 0.29) is 5.95 Å². The molecule has 2 N–H and O–H groups in total. The average molecular weight is 254 g/mol. The van der Waals surface area contributed by atoms with Crippen LogP contribution in [0.3, 0.4) is 0 Å². The lowest BCUT2D eigenvalue weighted by Crippen LogP contribution is -2.45. The van der Waals surface area contributed by atoms with Crippen LogP contribution in [-0.2, 0) is 0 Å². The maximum atomic E-state index is 5.69. The van der Waals surface area contributed by atoms with Gasteiger partial charge in [-0.1, -0.05) is 6.92 Å². The summed E-state index contributed by atoms with van der Waals surface area (Å²) in [6, 6.07) is 2.28. The zero-order valence-corrected chi connectivity index (χ0v) is 11.2. The zero-order valence-electron chi connectivity index (χ0n) is 10.4. The SMILES string of the molecule is COc1cc(N2CCSC(C)C2C)nc(N)n1. The minimum atomic E-state index is 0.262. The number of aromatic nitrogens is 2. The number of nitrogen functional groups attached to an aromatic ring is 1. The third-order valence-electron chi connectivity index (χ3n) is 3.09. The van der Waals surface area contributed by atoms with Crippen LogP contribution in [0.5, 0.6) is 5.88 Å². The lowest BCUT2D eigenvalue weighted by atomic mass is 10.2. The second-order valence-corrected chi connectivity index (χ2v) is 5.62. The smallest absolute Gasteiger partial charge is 0.225 e. The Kier molecular flexibility index (Phi) is 3.61. The number of thioether (sulfide) groups is 1. The van der Waals surface area contributed by atoms with Crippen molar-refractivity contribution in [1.29, 1.82) is 0 Å². The van der Waals surface area contributed by atoms with Crippen molar-refractivity contribution >= 4 is 23.5 Å². The van der Waals surface area contributed by atoms with Crippen molar-refractivity contribution in [2.24, 2.45) is 0 Å². The molecule has 0 saturated carbocycles. The van der Waals surface area contributed by atoms with Crippen LogP contribution >= 0.6 is 11.8 Å². The molecule has 0 spiro atoms. The summed E-state index contributed by atoms with van der Waals surface area (Å²) in [7, 11) is 1.59. The molecule has 5 nitrogen and oxygen atoms in total. The van der Waals surface area contributed by atoms with Gasteiger partial charge in [0, 0.05) is 29.7 Å². The second kappa shape index (κ2) is 5.00. The fourth-order valence-electron chi connectivity index (χ4n) is 1.94. The molecular weight excluding hydrogens is 236 g/mol. The second-order valence-electron chi connectivity index (χ2n) is 4.14. The van der Waals surface area contributed by atoms with Gasteiger partial charge in [-0.15, -0.1) is 0 Å². The Morgan fingerprint density at radius 2 is 2.24 bits per heavy atom. The van der Waals surface area contributed by atoms with Crippen molar-refractivity contribution < 1.29 is 4.74 Å². The summed E-state index contributed by atoms with van der Waals surface area (Å²) in [6.45, 7) is 5.43. The van der Waals surface area contributed by atoms with Gasteiger partial charge in [-0.25, -0.2) is 0 Å². The van der Waals surface area contributed by atoms with E-state index in [1.54, 1.807) is 7.11 Å². The highest BCUT2D eigenvalue weighted by molar-refractivity contribution is 8.00. The largest absolute Gasteiger partial charge is 0.481 e. The number of anilines is 2. The molecule has 0 aromatic carbocycles. The number of methoxy groups -OCH3 is 1. The van der Waals surface area contributed by atoms with Crippen molar-refractivity contribution in [1.82, 2.24) is 9.97 Å². The van der Waals surface area contributed by atoms with Gasteiger partial charge in [-0.3, -0.25) is 0 Å². The lowest BCUT2D eigenvalue weighted by molar-refractivity contribution is 0.397. The molecule has 2 rings (SSSR count). The van der Waals surface area contributed by atoms with Crippen LogP contribution < -0.4 is 15.4 Å². The quantitative estimate of drug-likeness (QED) is 0.860. The first-order valence-electron chi connectivity index (χ1n) is 5.68. The maximum absolute atomic E-state index is 5.69. The Morgan fingerprint density at radius 1 is 1.47 bits per heavy atom. The molecule has 1 saturated heterocycles. The summed E-state index contributed by atoms with van der Waals surface area (Å²) in [5.74, 6) is 2.74. The molecule has 1 fully saturated rings. The van der Waals surface area contributed by atoms with Crippen LogP contribution in [0.25, 0.3) is 0 Å². The summed E-state index contributed by atoms with van der Waals surface area (Å²) in [5, 5.41) is 0.589. The zero-order chi connectivity index (χ0) is 12.4. The Hall–Kier alpha value is -1.17. The van der Waals surface area contributed by atoms with Gasteiger partial charge in [0.2, 0.25) is 11.8 Å². The summed E-state index contributed by atoms with van der Waals surface area (Å²) in [6.07, 6.45) is 0. The Balaban J connectivity index is 2.29. The standard InChI is InChI=1S/C11H18N4OS/c1-7-8(2)17-5-4-15(7)9-6-10(16-3)14-11(12)13-9/h6-8H,4-5H2,1-3H3,(H2,12,13,14). The fraction of sp³-hybridized carbons (Fsp3) is 0.636. The van der Waals surface area contributed by atoms with E-state index in [2.05, 4.69) is 28.7 Å². The first-order chi connectivity index (χ1) is 8.11. The van der Waals surface area contributed by atoms with E-state index >= 15 is 0 Å². The predicted octanol–water partition coefficient (Wildman–Crippen LogP) is 1.40. The minimum Gasteiger partial charge on any atom is -0.481 e. The van der Waals surface area contributed by atoms with Gasteiger partial charge in [0.1, 0.15) is 5.82 Å². The molecule has 1 aliphatic heterocycles. The molecule has 1 aromatic rings. The molecule has 6 heteroatoms. The van der Waals surface area contributed by atoms with Gasteiger partial charge >= 0.3 is 0 Å². The molecule has 0 radical (unpaired) electrons. The van der Waals surface area contributed by atoms with Gasteiger partial charge in [-0.05, 0) is 6.92 Å². The predicted molar refractivity (Wildman–Crippen MR) is 71.7 cm³/mol. The van der Waals surface area contributed by atoms with Crippen molar-refractivity contribution in [2.75, 3.05) is 30.0 Å². The number of rotatable bonds is 2. The van der Waals surface area contributed by atoms with E-state index in [0.29, 0.717) is 17.2 Å². The van der Waals surface area contributed by atoms with E-state index in [1.165, 1.54) is 0 Å². The third kappa shape index (κ3) is 2.57. The molecule has 2 atom stereocenters. The summed E-state index contributed by atoms with van der Waals surface area (Å²) < 4.78 is 5.13. The normalized spacial score (nSPS) is 24.8. The van der Waals surface area contributed by atoms with E-state index < -0.39 is 0 Å². The molecule has 1 aliphatic rings. The highest BCUT2D eigenvalue weighted by atomic mass is 32.2. The molecule has 2 unspecified atom stereocenters. The lowest BCUT2D eigenvalue weighted by Gasteiger charge is -2.38. The average Bonchev–Trinajstić information content (AvgIpc) is 2.31. The molecular formula is C11H18N4OS. The maximum Gasteiger partial charge on any atom is 0.225 e. The Labute approximate surface area is 106 Å². The van der Waals surface area contributed by atoms with E-state index in [1.807, 2.05) is 17.8 Å². The van der Waals surface area contributed by atoms with Gasteiger partial charge in [0.15, 0.2) is 0 Å². The first kappa shape index (κ1) is 12.3. The minimum absolute atomic E-state index is 0.262.